The molecule has 4 rings (SSSR count). The SMILES string of the molecule is Cc1cccc(-c2nc(C(=O)Nc3ccccc3)nn2-c2ccc(C)c(Cl)c2)c1. The maximum absolute atomic E-state index is 12.8. The second-order valence-corrected chi connectivity index (χ2v) is 7.20. The highest BCUT2D eigenvalue weighted by atomic mass is 35.5. The van der Waals surface area contributed by atoms with Crippen LogP contribution in [-0.2, 0) is 0 Å². The van der Waals surface area contributed by atoms with Crippen molar-refractivity contribution < 1.29 is 4.79 Å². The predicted octanol–water partition coefficient (Wildman–Crippen LogP) is 5.46. The van der Waals surface area contributed by atoms with Gasteiger partial charge in [-0.15, -0.1) is 5.10 Å². The number of nitrogens with one attached hydrogen (secondary N) is 1. The summed E-state index contributed by atoms with van der Waals surface area (Å²) in [6.07, 6.45) is 0. The van der Waals surface area contributed by atoms with Crippen LogP contribution in [0.5, 0.6) is 0 Å². The zero-order chi connectivity index (χ0) is 20.4. The molecule has 1 N–H and O–H groups in total. The fourth-order valence-corrected chi connectivity index (χ4v) is 3.16. The minimum absolute atomic E-state index is 0.0852. The molecule has 0 fully saturated rings. The van der Waals surface area contributed by atoms with Gasteiger partial charge in [0.05, 0.1) is 5.69 Å². The van der Waals surface area contributed by atoms with Gasteiger partial charge in [0.25, 0.3) is 5.91 Å². The van der Waals surface area contributed by atoms with Crippen molar-refractivity contribution in [2.24, 2.45) is 0 Å². The third-order valence-electron chi connectivity index (χ3n) is 4.52. The topological polar surface area (TPSA) is 59.8 Å². The number of hydrogen-bond donors (Lipinski definition) is 1. The molecule has 6 heteroatoms. The molecule has 5 nitrogen and oxygen atoms in total. The van der Waals surface area contributed by atoms with E-state index in [1.54, 1.807) is 4.68 Å². The molecule has 1 heterocycles. The maximum Gasteiger partial charge on any atom is 0.295 e. The number of anilines is 1. The van der Waals surface area contributed by atoms with Gasteiger partial charge in [-0.25, -0.2) is 9.67 Å². The number of hydrogen-bond acceptors (Lipinski definition) is 3. The molecule has 0 aliphatic rings. The molecular weight excluding hydrogens is 384 g/mol. The van der Waals surface area contributed by atoms with E-state index in [1.807, 2.05) is 86.6 Å². The summed E-state index contributed by atoms with van der Waals surface area (Å²) in [6, 6.07) is 22.8. The Balaban J connectivity index is 1.80. The van der Waals surface area contributed by atoms with E-state index >= 15 is 0 Å². The van der Waals surface area contributed by atoms with Crippen LogP contribution in [0, 0.1) is 13.8 Å². The summed E-state index contributed by atoms with van der Waals surface area (Å²) in [4.78, 5) is 17.3. The van der Waals surface area contributed by atoms with E-state index in [9.17, 15) is 4.79 Å². The van der Waals surface area contributed by atoms with Crippen LogP contribution in [-0.4, -0.2) is 20.7 Å². The van der Waals surface area contributed by atoms with Crippen molar-refractivity contribution in [2.75, 3.05) is 5.32 Å². The molecule has 1 aromatic heterocycles. The fraction of sp³-hybridized carbons (Fsp3) is 0.0870. The Hall–Kier alpha value is -3.44. The lowest BCUT2D eigenvalue weighted by Crippen LogP contribution is -2.14. The van der Waals surface area contributed by atoms with E-state index in [4.69, 9.17) is 11.6 Å². The van der Waals surface area contributed by atoms with E-state index in [1.165, 1.54) is 0 Å². The van der Waals surface area contributed by atoms with Crippen molar-refractivity contribution in [1.29, 1.82) is 0 Å². The normalized spacial score (nSPS) is 10.7. The van der Waals surface area contributed by atoms with Crippen molar-refractivity contribution >= 4 is 23.2 Å². The average molecular weight is 403 g/mol. The number of nitrogens with zero attached hydrogens (tertiary/aromatic N) is 3. The molecule has 0 unspecified atom stereocenters. The number of para-hydroxylation sites is 1. The van der Waals surface area contributed by atoms with Gasteiger partial charge in [0, 0.05) is 16.3 Å². The van der Waals surface area contributed by atoms with Crippen LogP contribution in [0.2, 0.25) is 5.02 Å². The van der Waals surface area contributed by atoms with Crippen molar-refractivity contribution in [3.63, 3.8) is 0 Å². The van der Waals surface area contributed by atoms with Gasteiger partial charge < -0.3 is 5.32 Å². The summed E-state index contributed by atoms with van der Waals surface area (Å²) in [6.45, 7) is 3.95. The van der Waals surface area contributed by atoms with Crippen LogP contribution >= 0.6 is 11.6 Å². The summed E-state index contributed by atoms with van der Waals surface area (Å²) in [7, 11) is 0. The Morgan fingerprint density at radius 2 is 1.76 bits per heavy atom. The molecule has 3 aromatic carbocycles. The van der Waals surface area contributed by atoms with Gasteiger partial charge in [0.1, 0.15) is 0 Å². The fourth-order valence-electron chi connectivity index (χ4n) is 2.98. The minimum atomic E-state index is -0.373. The lowest BCUT2D eigenvalue weighted by molar-refractivity contribution is 0.101. The lowest BCUT2D eigenvalue weighted by atomic mass is 10.1. The molecule has 0 atom stereocenters. The summed E-state index contributed by atoms with van der Waals surface area (Å²) in [5.74, 6) is 0.288. The van der Waals surface area contributed by atoms with Gasteiger partial charge in [0.2, 0.25) is 5.82 Å². The average Bonchev–Trinajstić information content (AvgIpc) is 3.16. The van der Waals surface area contributed by atoms with Gasteiger partial charge in [-0.1, -0.05) is 59.6 Å². The molecule has 0 bridgehead atoms. The third-order valence-corrected chi connectivity index (χ3v) is 4.93. The number of aromatic nitrogens is 3. The van der Waals surface area contributed by atoms with Crippen molar-refractivity contribution in [2.45, 2.75) is 13.8 Å². The van der Waals surface area contributed by atoms with Crippen LogP contribution in [0.15, 0.2) is 72.8 Å². The van der Waals surface area contributed by atoms with Crippen LogP contribution in [0.4, 0.5) is 5.69 Å². The number of carbonyl (C=O) groups is 1. The summed E-state index contributed by atoms with van der Waals surface area (Å²) in [5, 5.41) is 7.95. The largest absolute Gasteiger partial charge is 0.319 e. The standard InChI is InChI=1S/C23H19ClN4O/c1-15-7-6-8-17(13-15)22-26-21(23(29)25-18-9-4-3-5-10-18)27-28(22)19-12-11-16(2)20(24)14-19/h3-14H,1-2H3,(H,25,29). The Labute approximate surface area is 174 Å². The summed E-state index contributed by atoms with van der Waals surface area (Å²) in [5.41, 5.74) is 4.35. The molecule has 0 aliphatic carbocycles. The Morgan fingerprint density at radius 3 is 2.48 bits per heavy atom. The first-order chi connectivity index (χ1) is 14.0. The zero-order valence-electron chi connectivity index (χ0n) is 16.1. The summed E-state index contributed by atoms with van der Waals surface area (Å²) < 4.78 is 1.65. The molecule has 144 valence electrons. The highest BCUT2D eigenvalue weighted by molar-refractivity contribution is 6.31. The number of aryl methyl sites for hydroxylation is 2. The summed E-state index contributed by atoms with van der Waals surface area (Å²) >= 11 is 6.32. The predicted molar refractivity (Wildman–Crippen MR) is 116 cm³/mol. The number of carbonyl (C=O) groups excluding carboxylic acids is 1. The molecule has 0 spiro atoms. The van der Waals surface area contributed by atoms with Crippen LogP contribution in [0.25, 0.3) is 17.1 Å². The van der Waals surface area contributed by atoms with E-state index < -0.39 is 0 Å². The molecule has 1 amide bonds. The van der Waals surface area contributed by atoms with Crippen LogP contribution in [0.1, 0.15) is 21.7 Å². The molecule has 0 radical (unpaired) electrons. The van der Waals surface area contributed by atoms with Crippen LogP contribution in [0.3, 0.4) is 0 Å². The van der Waals surface area contributed by atoms with Gasteiger partial charge in [-0.2, -0.15) is 0 Å². The number of halogens is 1. The Morgan fingerprint density at radius 1 is 0.966 bits per heavy atom. The molecule has 4 aromatic rings. The van der Waals surface area contributed by atoms with Gasteiger partial charge in [0.15, 0.2) is 5.82 Å². The number of amides is 1. The Bertz CT molecular complexity index is 1180. The van der Waals surface area contributed by atoms with Gasteiger partial charge in [-0.05, 0) is 49.7 Å². The monoisotopic (exact) mass is 402 g/mol. The molecule has 0 aliphatic heterocycles. The minimum Gasteiger partial charge on any atom is -0.319 e. The molecule has 0 saturated carbocycles. The van der Waals surface area contributed by atoms with E-state index in [-0.39, 0.29) is 11.7 Å². The van der Waals surface area contributed by atoms with Gasteiger partial charge >= 0.3 is 0 Å². The molecule has 0 saturated heterocycles. The highest BCUT2D eigenvalue weighted by Gasteiger charge is 2.19. The molecular formula is C23H19ClN4O. The van der Waals surface area contributed by atoms with E-state index in [2.05, 4.69) is 15.4 Å². The first-order valence-electron chi connectivity index (χ1n) is 9.18. The first-order valence-corrected chi connectivity index (χ1v) is 9.56. The second kappa shape index (κ2) is 7.89. The number of rotatable bonds is 4. The van der Waals surface area contributed by atoms with Crippen molar-refractivity contribution in [3.8, 4) is 17.1 Å². The maximum atomic E-state index is 12.8. The quantitative estimate of drug-likeness (QED) is 0.493. The van der Waals surface area contributed by atoms with E-state index in [0.29, 0.717) is 16.5 Å². The smallest absolute Gasteiger partial charge is 0.295 e. The second-order valence-electron chi connectivity index (χ2n) is 6.79. The third kappa shape index (κ3) is 4.05. The van der Waals surface area contributed by atoms with Crippen molar-refractivity contribution in [1.82, 2.24) is 14.8 Å². The lowest BCUT2D eigenvalue weighted by Gasteiger charge is -2.08. The van der Waals surface area contributed by atoms with Gasteiger partial charge in [-0.3, -0.25) is 4.79 Å². The molecule has 29 heavy (non-hydrogen) atoms. The Kier molecular flexibility index (Phi) is 5.14. The number of benzene rings is 3. The highest BCUT2D eigenvalue weighted by Crippen LogP contribution is 2.25. The van der Waals surface area contributed by atoms with E-state index in [0.717, 1.165) is 22.4 Å². The zero-order valence-corrected chi connectivity index (χ0v) is 16.8. The van der Waals surface area contributed by atoms with Crippen molar-refractivity contribution in [3.05, 3.63) is 94.8 Å². The first kappa shape index (κ1) is 18.9. The van der Waals surface area contributed by atoms with Crippen LogP contribution < -0.4 is 5.32 Å².